The van der Waals surface area contributed by atoms with Crippen LogP contribution in [0.25, 0.3) is 0 Å². The van der Waals surface area contributed by atoms with Gasteiger partial charge in [-0.3, -0.25) is 4.79 Å². The van der Waals surface area contributed by atoms with Gasteiger partial charge in [0.1, 0.15) is 0 Å². The van der Waals surface area contributed by atoms with Gasteiger partial charge in [-0.1, -0.05) is 15.9 Å². The van der Waals surface area contributed by atoms with E-state index in [0.717, 1.165) is 40.9 Å². The van der Waals surface area contributed by atoms with E-state index in [9.17, 15) is 4.79 Å². The molecule has 1 amide bonds. The maximum atomic E-state index is 11.7. The van der Waals surface area contributed by atoms with Gasteiger partial charge in [-0.05, 0) is 37.6 Å². The van der Waals surface area contributed by atoms with Crippen LogP contribution in [-0.2, 0) is 4.79 Å². The van der Waals surface area contributed by atoms with Gasteiger partial charge in [-0.2, -0.15) is 0 Å². The number of nitrogens with two attached hydrogens (primary N) is 1. The molecule has 98 valence electrons. The van der Waals surface area contributed by atoms with Crippen LogP contribution in [0.2, 0.25) is 0 Å². The summed E-state index contributed by atoms with van der Waals surface area (Å²) in [6.45, 7) is 4.31. The van der Waals surface area contributed by atoms with Crippen LogP contribution in [-0.4, -0.2) is 25.5 Å². The Bertz CT molecular complexity index is 462. The quantitative estimate of drug-likeness (QED) is 0.900. The van der Waals surface area contributed by atoms with Crippen LogP contribution in [0.15, 0.2) is 16.6 Å². The van der Waals surface area contributed by atoms with Gasteiger partial charge in [0.2, 0.25) is 5.91 Å². The zero-order chi connectivity index (χ0) is 13.1. The number of hydrogen-bond donors (Lipinski definition) is 2. The molecule has 0 bridgehead atoms. The van der Waals surface area contributed by atoms with Crippen molar-refractivity contribution in [3.05, 3.63) is 22.2 Å². The highest BCUT2D eigenvalue weighted by molar-refractivity contribution is 9.10. The van der Waals surface area contributed by atoms with Crippen molar-refractivity contribution >= 4 is 33.2 Å². The third-order valence-corrected chi connectivity index (χ3v) is 3.58. The maximum absolute atomic E-state index is 11.7. The van der Waals surface area contributed by atoms with Gasteiger partial charge >= 0.3 is 0 Å². The summed E-state index contributed by atoms with van der Waals surface area (Å²) in [5.74, 6) is 0.0805. The van der Waals surface area contributed by atoms with Gasteiger partial charge in [0, 0.05) is 24.0 Å². The number of amides is 1. The van der Waals surface area contributed by atoms with Crippen molar-refractivity contribution in [2.24, 2.45) is 5.73 Å². The standard InChI is InChI=1S/C13H18BrN3O/c1-9-7-10(14)8-11-13(9)16-12(18)3-6-17(11)5-2-4-15/h7-8H,2-6,15H2,1H3,(H,16,18). The first-order valence-corrected chi connectivity index (χ1v) is 6.96. The monoisotopic (exact) mass is 311 g/mol. The smallest absolute Gasteiger partial charge is 0.226 e. The van der Waals surface area contributed by atoms with E-state index in [2.05, 4.69) is 32.2 Å². The normalized spacial score (nSPS) is 15.1. The van der Waals surface area contributed by atoms with E-state index in [4.69, 9.17) is 5.73 Å². The molecule has 1 aliphatic rings. The number of carbonyl (C=O) groups excluding carboxylic acids is 1. The SMILES string of the molecule is Cc1cc(Br)cc2c1NC(=O)CCN2CCCN. The molecule has 0 fully saturated rings. The van der Waals surface area contributed by atoms with E-state index in [0.29, 0.717) is 13.0 Å². The van der Waals surface area contributed by atoms with Crippen LogP contribution in [0, 0.1) is 6.92 Å². The Morgan fingerprint density at radius 3 is 3.00 bits per heavy atom. The van der Waals surface area contributed by atoms with Gasteiger partial charge in [-0.25, -0.2) is 0 Å². The second kappa shape index (κ2) is 5.71. The van der Waals surface area contributed by atoms with Crippen LogP contribution >= 0.6 is 15.9 Å². The van der Waals surface area contributed by atoms with Gasteiger partial charge in [0.15, 0.2) is 0 Å². The van der Waals surface area contributed by atoms with E-state index < -0.39 is 0 Å². The van der Waals surface area contributed by atoms with E-state index in [-0.39, 0.29) is 5.91 Å². The number of aryl methyl sites for hydroxylation is 1. The number of rotatable bonds is 3. The molecule has 0 saturated heterocycles. The summed E-state index contributed by atoms with van der Waals surface area (Å²) in [5.41, 5.74) is 8.66. The molecule has 3 N–H and O–H groups in total. The molecule has 5 heteroatoms. The number of anilines is 2. The van der Waals surface area contributed by atoms with Crippen molar-refractivity contribution in [2.45, 2.75) is 19.8 Å². The number of halogens is 1. The van der Waals surface area contributed by atoms with Crippen LogP contribution in [0.5, 0.6) is 0 Å². The highest BCUT2D eigenvalue weighted by Crippen LogP contribution is 2.35. The number of benzene rings is 1. The van der Waals surface area contributed by atoms with Crippen molar-refractivity contribution in [3.63, 3.8) is 0 Å². The minimum atomic E-state index is 0.0805. The van der Waals surface area contributed by atoms with E-state index in [1.165, 1.54) is 0 Å². The lowest BCUT2D eigenvalue weighted by Crippen LogP contribution is -2.27. The Hall–Kier alpha value is -1.07. The predicted octanol–water partition coefficient (Wildman–Crippen LogP) is 2.25. The molecule has 0 spiro atoms. The summed E-state index contributed by atoms with van der Waals surface area (Å²) in [4.78, 5) is 14.0. The molecule has 0 aliphatic carbocycles. The molecule has 1 aromatic carbocycles. The summed E-state index contributed by atoms with van der Waals surface area (Å²) in [5, 5.41) is 2.99. The summed E-state index contributed by atoms with van der Waals surface area (Å²) in [6, 6.07) is 4.08. The largest absolute Gasteiger partial charge is 0.369 e. The number of nitrogens with zero attached hydrogens (tertiary/aromatic N) is 1. The van der Waals surface area contributed by atoms with Crippen molar-refractivity contribution < 1.29 is 4.79 Å². The molecule has 1 heterocycles. The lowest BCUT2D eigenvalue weighted by Gasteiger charge is -2.25. The molecule has 1 aliphatic heterocycles. The Morgan fingerprint density at radius 1 is 1.50 bits per heavy atom. The lowest BCUT2D eigenvalue weighted by atomic mass is 10.1. The first-order chi connectivity index (χ1) is 8.61. The highest BCUT2D eigenvalue weighted by Gasteiger charge is 2.20. The maximum Gasteiger partial charge on any atom is 0.226 e. The third kappa shape index (κ3) is 2.84. The number of fused-ring (bicyclic) bond motifs is 1. The minimum Gasteiger partial charge on any atom is -0.369 e. The number of hydrogen-bond acceptors (Lipinski definition) is 3. The zero-order valence-electron chi connectivity index (χ0n) is 10.5. The van der Waals surface area contributed by atoms with E-state index in [1.54, 1.807) is 0 Å². The fourth-order valence-electron chi connectivity index (χ4n) is 2.21. The average molecular weight is 312 g/mol. The second-order valence-corrected chi connectivity index (χ2v) is 5.46. The van der Waals surface area contributed by atoms with Gasteiger partial charge in [0.25, 0.3) is 0 Å². The van der Waals surface area contributed by atoms with Crippen LogP contribution in [0.3, 0.4) is 0 Å². The topological polar surface area (TPSA) is 58.4 Å². The zero-order valence-corrected chi connectivity index (χ0v) is 12.1. The Morgan fingerprint density at radius 2 is 2.28 bits per heavy atom. The summed E-state index contributed by atoms with van der Waals surface area (Å²) >= 11 is 3.51. The van der Waals surface area contributed by atoms with Crippen LogP contribution < -0.4 is 16.0 Å². The Balaban J connectivity index is 2.39. The Kier molecular flexibility index (Phi) is 4.24. The van der Waals surface area contributed by atoms with Crippen LogP contribution in [0.1, 0.15) is 18.4 Å². The van der Waals surface area contributed by atoms with Crippen LogP contribution in [0.4, 0.5) is 11.4 Å². The minimum absolute atomic E-state index is 0.0805. The van der Waals surface area contributed by atoms with E-state index >= 15 is 0 Å². The third-order valence-electron chi connectivity index (χ3n) is 3.13. The van der Waals surface area contributed by atoms with Crippen molar-refractivity contribution in [3.8, 4) is 0 Å². The molecule has 1 aromatic rings. The Labute approximate surface area is 116 Å². The molecule has 18 heavy (non-hydrogen) atoms. The molecule has 0 aromatic heterocycles. The molecule has 0 atom stereocenters. The van der Waals surface area contributed by atoms with Gasteiger partial charge in [0.05, 0.1) is 11.4 Å². The first kappa shape index (κ1) is 13.4. The average Bonchev–Trinajstić information content (AvgIpc) is 2.47. The fraction of sp³-hybridized carbons (Fsp3) is 0.462. The predicted molar refractivity (Wildman–Crippen MR) is 78.0 cm³/mol. The second-order valence-electron chi connectivity index (χ2n) is 4.54. The van der Waals surface area contributed by atoms with E-state index in [1.807, 2.05) is 13.0 Å². The molecule has 0 saturated carbocycles. The summed E-state index contributed by atoms with van der Waals surface area (Å²) < 4.78 is 1.03. The van der Waals surface area contributed by atoms with Crippen molar-refractivity contribution in [1.29, 1.82) is 0 Å². The number of nitrogens with one attached hydrogen (secondary N) is 1. The highest BCUT2D eigenvalue weighted by atomic mass is 79.9. The first-order valence-electron chi connectivity index (χ1n) is 6.17. The molecule has 2 rings (SSSR count). The van der Waals surface area contributed by atoms with Crippen molar-refractivity contribution in [1.82, 2.24) is 0 Å². The van der Waals surface area contributed by atoms with Gasteiger partial charge in [-0.15, -0.1) is 0 Å². The lowest BCUT2D eigenvalue weighted by molar-refractivity contribution is -0.115. The van der Waals surface area contributed by atoms with Crippen molar-refractivity contribution in [2.75, 3.05) is 29.9 Å². The molecular weight excluding hydrogens is 294 g/mol. The molecule has 0 unspecified atom stereocenters. The fourth-order valence-corrected chi connectivity index (χ4v) is 2.77. The summed E-state index contributed by atoms with van der Waals surface area (Å²) in [6.07, 6.45) is 1.45. The van der Waals surface area contributed by atoms with Gasteiger partial charge < -0.3 is 16.0 Å². The molecule has 4 nitrogen and oxygen atoms in total. The molecule has 0 radical (unpaired) electrons. The number of carbonyl (C=O) groups is 1. The molecular formula is C13H18BrN3O. The summed E-state index contributed by atoms with van der Waals surface area (Å²) in [7, 11) is 0.